The molecular weight excluding hydrogens is 316 g/mol. The third-order valence-electron chi connectivity index (χ3n) is 2.88. The van der Waals surface area contributed by atoms with Crippen LogP contribution in [-0.4, -0.2) is 20.8 Å². The van der Waals surface area contributed by atoms with E-state index < -0.39 is 13.7 Å². The number of hydrogen-bond acceptors (Lipinski definition) is 2. The number of halogens is 2. The van der Waals surface area contributed by atoms with Crippen LogP contribution in [0.15, 0.2) is 36.4 Å². The molecule has 2 nitrogen and oxygen atoms in total. The van der Waals surface area contributed by atoms with Crippen molar-refractivity contribution in [2.75, 3.05) is 12.4 Å². The van der Waals surface area contributed by atoms with Crippen molar-refractivity contribution in [3.63, 3.8) is 0 Å². The molecule has 2 aromatic rings. The van der Waals surface area contributed by atoms with Crippen LogP contribution < -0.4 is 18.8 Å². The van der Waals surface area contributed by atoms with Crippen molar-refractivity contribution < 1.29 is 9.13 Å². The normalized spacial score (nSPS) is 16.5. The quantitative estimate of drug-likeness (QED) is 0.812. The summed E-state index contributed by atoms with van der Waals surface area (Å²) in [5.41, 5.74) is 1.40. The SMILES string of the molecule is COc1ccc2c(c1)[As](Cl)c1cccc(F)c1N2. The number of hydrogen-bond donors (Lipinski definition) is 1. The fourth-order valence-corrected chi connectivity index (χ4v) is 6.40. The van der Waals surface area contributed by atoms with E-state index in [-0.39, 0.29) is 5.82 Å². The van der Waals surface area contributed by atoms with Crippen LogP contribution in [0.4, 0.5) is 15.8 Å². The van der Waals surface area contributed by atoms with Crippen molar-refractivity contribution in [3.05, 3.63) is 42.2 Å². The number of anilines is 2. The number of nitrogens with one attached hydrogen (secondary N) is 1. The molecule has 1 N–H and O–H groups in total. The fraction of sp³-hybridized carbons (Fsp3) is 0.0769. The Balaban J connectivity index is 2.16. The maximum atomic E-state index is 13.8. The Kier molecular flexibility index (Phi) is 2.96. The van der Waals surface area contributed by atoms with Crippen molar-refractivity contribution >= 4 is 43.7 Å². The molecule has 0 spiro atoms. The summed E-state index contributed by atoms with van der Waals surface area (Å²) in [6.45, 7) is 0. The Morgan fingerprint density at radius 2 is 2.06 bits per heavy atom. The molecule has 0 bridgehead atoms. The van der Waals surface area contributed by atoms with E-state index in [1.807, 2.05) is 24.3 Å². The zero-order valence-corrected chi connectivity index (χ0v) is 12.2. The second-order valence-corrected chi connectivity index (χ2v) is 8.88. The molecule has 0 fully saturated rings. The molecule has 3 rings (SSSR count). The van der Waals surface area contributed by atoms with Gasteiger partial charge < -0.3 is 0 Å². The topological polar surface area (TPSA) is 21.3 Å². The van der Waals surface area contributed by atoms with Crippen molar-refractivity contribution in [2.24, 2.45) is 0 Å². The van der Waals surface area contributed by atoms with Crippen LogP contribution in [0.25, 0.3) is 0 Å². The van der Waals surface area contributed by atoms with Crippen LogP contribution in [0.5, 0.6) is 5.75 Å². The van der Waals surface area contributed by atoms with Crippen molar-refractivity contribution in [1.29, 1.82) is 0 Å². The van der Waals surface area contributed by atoms with Gasteiger partial charge in [-0.2, -0.15) is 0 Å². The molecule has 0 saturated carbocycles. The molecule has 1 aliphatic heterocycles. The summed E-state index contributed by atoms with van der Waals surface area (Å²) in [6.07, 6.45) is 0. The van der Waals surface area contributed by atoms with E-state index in [0.717, 1.165) is 20.1 Å². The van der Waals surface area contributed by atoms with Gasteiger partial charge in [0.15, 0.2) is 0 Å². The Labute approximate surface area is 113 Å². The molecule has 1 aliphatic rings. The molecule has 92 valence electrons. The number of rotatable bonds is 1. The molecule has 18 heavy (non-hydrogen) atoms. The summed E-state index contributed by atoms with van der Waals surface area (Å²) in [5.74, 6) is 0.518. The minimum atomic E-state index is -1.95. The van der Waals surface area contributed by atoms with Gasteiger partial charge >= 0.3 is 113 Å². The van der Waals surface area contributed by atoms with Gasteiger partial charge in [-0.25, -0.2) is 0 Å². The molecule has 0 aliphatic carbocycles. The third-order valence-corrected chi connectivity index (χ3v) is 8.10. The Bertz CT molecular complexity index is 620. The third kappa shape index (κ3) is 1.78. The molecule has 1 atom stereocenters. The molecule has 1 heterocycles. The summed E-state index contributed by atoms with van der Waals surface area (Å²) in [7, 11) is 8.18. The van der Waals surface area contributed by atoms with Gasteiger partial charge in [-0.15, -0.1) is 0 Å². The van der Waals surface area contributed by atoms with Crippen LogP contribution in [0.3, 0.4) is 0 Å². The minimum absolute atomic E-state index is 0.256. The summed E-state index contributed by atoms with van der Waals surface area (Å²) in [4.78, 5) is 0. The Morgan fingerprint density at radius 3 is 2.83 bits per heavy atom. The average molecular weight is 326 g/mol. The number of fused-ring (bicyclic) bond motifs is 2. The molecule has 0 amide bonds. The van der Waals surface area contributed by atoms with Crippen LogP contribution in [0.1, 0.15) is 0 Å². The Morgan fingerprint density at radius 1 is 1.22 bits per heavy atom. The van der Waals surface area contributed by atoms with Crippen molar-refractivity contribution in [3.8, 4) is 5.75 Å². The average Bonchev–Trinajstić information content (AvgIpc) is 2.40. The van der Waals surface area contributed by atoms with E-state index in [1.165, 1.54) is 6.07 Å². The van der Waals surface area contributed by atoms with Gasteiger partial charge in [0.25, 0.3) is 0 Å². The zero-order chi connectivity index (χ0) is 12.7. The second-order valence-electron chi connectivity index (χ2n) is 3.92. The van der Waals surface area contributed by atoms with Crippen molar-refractivity contribution in [1.82, 2.24) is 0 Å². The zero-order valence-electron chi connectivity index (χ0n) is 9.58. The fourth-order valence-electron chi connectivity index (χ4n) is 1.97. The van der Waals surface area contributed by atoms with E-state index in [9.17, 15) is 4.39 Å². The van der Waals surface area contributed by atoms with Gasteiger partial charge in [-0.3, -0.25) is 0 Å². The number of methoxy groups -OCH3 is 1. The monoisotopic (exact) mass is 325 g/mol. The second kappa shape index (κ2) is 4.49. The summed E-state index contributed by atoms with van der Waals surface area (Å²) in [5, 5.41) is 3.11. The van der Waals surface area contributed by atoms with Gasteiger partial charge in [-0.05, 0) is 0 Å². The summed E-state index contributed by atoms with van der Waals surface area (Å²) >= 11 is -1.95. The van der Waals surface area contributed by atoms with E-state index in [0.29, 0.717) is 5.69 Å². The van der Waals surface area contributed by atoms with Gasteiger partial charge in [-0.1, -0.05) is 0 Å². The maximum absolute atomic E-state index is 13.8. The predicted molar refractivity (Wildman–Crippen MR) is 73.6 cm³/mol. The summed E-state index contributed by atoms with van der Waals surface area (Å²) < 4.78 is 20.9. The van der Waals surface area contributed by atoms with E-state index >= 15 is 0 Å². The van der Waals surface area contributed by atoms with Crippen LogP contribution in [-0.2, 0) is 0 Å². The predicted octanol–water partition coefficient (Wildman–Crippen LogP) is 2.24. The van der Waals surface area contributed by atoms with Gasteiger partial charge in [0.2, 0.25) is 0 Å². The van der Waals surface area contributed by atoms with Crippen LogP contribution >= 0.6 is 9.95 Å². The Hall–Kier alpha value is -1.18. The molecule has 2 aromatic carbocycles. The molecule has 1 unspecified atom stereocenters. The molecule has 0 radical (unpaired) electrons. The molecule has 0 aromatic heterocycles. The number of benzene rings is 2. The van der Waals surface area contributed by atoms with Crippen LogP contribution in [0.2, 0.25) is 0 Å². The molecule has 0 saturated heterocycles. The first-order chi connectivity index (χ1) is 8.70. The standard InChI is InChI=1S/C13H10AsClFNO/c1-18-8-5-6-12-10(7-8)14(15)9-3-2-4-11(16)13(9)17-12/h2-7,17H,1H3. The van der Waals surface area contributed by atoms with E-state index in [2.05, 4.69) is 5.32 Å². The number of para-hydroxylation sites is 1. The van der Waals surface area contributed by atoms with E-state index in [1.54, 1.807) is 13.2 Å². The van der Waals surface area contributed by atoms with Gasteiger partial charge in [0.05, 0.1) is 0 Å². The first-order valence-corrected chi connectivity index (χ1v) is 9.74. The van der Waals surface area contributed by atoms with Gasteiger partial charge in [0.1, 0.15) is 0 Å². The van der Waals surface area contributed by atoms with E-state index in [4.69, 9.17) is 14.7 Å². The summed E-state index contributed by atoms with van der Waals surface area (Å²) in [6, 6.07) is 10.7. The first-order valence-electron chi connectivity index (χ1n) is 5.40. The van der Waals surface area contributed by atoms with Crippen molar-refractivity contribution in [2.45, 2.75) is 0 Å². The first kappa shape index (κ1) is 11.9. The number of ether oxygens (including phenoxy) is 1. The van der Waals surface area contributed by atoms with Crippen LogP contribution in [0, 0.1) is 5.82 Å². The molecule has 5 heteroatoms. The molecular formula is C13H10AsClFNO. The van der Waals surface area contributed by atoms with Gasteiger partial charge in [0, 0.05) is 0 Å².